The van der Waals surface area contributed by atoms with Gasteiger partial charge < -0.3 is 20.6 Å². The van der Waals surface area contributed by atoms with E-state index in [4.69, 9.17) is 9.90 Å². The van der Waals surface area contributed by atoms with Gasteiger partial charge in [0.25, 0.3) is 0 Å². The van der Waals surface area contributed by atoms with Crippen LogP contribution in [-0.4, -0.2) is 59.6 Å². The molecule has 2 rings (SSSR count). The second-order valence-corrected chi connectivity index (χ2v) is 6.68. The molecule has 2 amide bonds. The van der Waals surface area contributed by atoms with Gasteiger partial charge >= 0.3 is 12.1 Å². The van der Waals surface area contributed by atoms with E-state index in [1.807, 2.05) is 0 Å². The lowest BCUT2D eigenvalue weighted by Gasteiger charge is -2.35. The molecule has 0 aromatic heterocycles. The van der Waals surface area contributed by atoms with E-state index in [9.17, 15) is 27.2 Å². The normalized spacial score (nSPS) is 16.7. The third kappa shape index (κ3) is 8.90. The van der Waals surface area contributed by atoms with E-state index in [-0.39, 0.29) is 30.1 Å². The summed E-state index contributed by atoms with van der Waals surface area (Å²) in [5.74, 6) is -3.24. The van der Waals surface area contributed by atoms with Gasteiger partial charge in [-0.05, 0) is 30.2 Å². The molecule has 1 saturated heterocycles. The standard InChI is InChI=1S/C16H22FN3O2.C2HF3O2/c1-11(2)14-10-20(8-7-18-14)16(22)9-15(21)19-13-5-3-12(17)4-6-13;3-2(4,5)1(6)7/h3-6,11,14,18H,7-10H2,1-2H3,(H,19,21);(H,6,7)/t14-;/m1./s1. The maximum absolute atomic E-state index is 12.8. The van der Waals surface area contributed by atoms with Crippen molar-refractivity contribution in [3.8, 4) is 0 Å². The van der Waals surface area contributed by atoms with Gasteiger partial charge in [-0.3, -0.25) is 9.59 Å². The zero-order chi connectivity index (χ0) is 22.2. The SMILES string of the molecule is CC(C)[C@H]1CN(C(=O)CC(=O)Nc2ccc(F)cc2)CCN1.O=C(O)C(F)(F)F. The molecule has 1 heterocycles. The van der Waals surface area contributed by atoms with E-state index in [1.54, 1.807) is 4.90 Å². The van der Waals surface area contributed by atoms with Gasteiger partial charge in [-0.1, -0.05) is 13.8 Å². The molecule has 1 aromatic rings. The summed E-state index contributed by atoms with van der Waals surface area (Å²) in [5, 5.41) is 13.1. The molecule has 0 aliphatic carbocycles. The summed E-state index contributed by atoms with van der Waals surface area (Å²) >= 11 is 0. The van der Waals surface area contributed by atoms with Crippen LogP contribution in [-0.2, 0) is 14.4 Å². The number of amides is 2. The molecule has 7 nitrogen and oxygen atoms in total. The van der Waals surface area contributed by atoms with Gasteiger partial charge in [-0.15, -0.1) is 0 Å². The molecule has 3 N–H and O–H groups in total. The highest BCUT2D eigenvalue weighted by Crippen LogP contribution is 2.13. The van der Waals surface area contributed by atoms with Crippen molar-refractivity contribution in [2.75, 3.05) is 25.0 Å². The summed E-state index contributed by atoms with van der Waals surface area (Å²) in [4.78, 5) is 34.7. The molecule has 1 aromatic carbocycles. The first kappa shape index (κ1) is 24.3. The zero-order valence-corrected chi connectivity index (χ0v) is 15.9. The van der Waals surface area contributed by atoms with Crippen molar-refractivity contribution in [3.05, 3.63) is 30.1 Å². The van der Waals surface area contributed by atoms with Gasteiger partial charge in [0.1, 0.15) is 12.2 Å². The molecule has 0 saturated carbocycles. The number of carboxylic acids is 1. The topological polar surface area (TPSA) is 98.7 Å². The predicted molar refractivity (Wildman–Crippen MR) is 96.5 cm³/mol. The minimum Gasteiger partial charge on any atom is -0.475 e. The van der Waals surface area contributed by atoms with Crippen LogP contribution in [0.1, 0.15) is 20.3 Å². The van der Waals surface area contributed by atoms with Crippen LogP contribution in [0.25, 0.3) is 0 Å². The first-order valence-corrected chi connectivity index (χ1v) is 8.76. The number of hydrogen-bond donors (Lipinski definition) is 3. The Morgan fingerprint density at radius 2 is 1.79 bits per heavy atom. The molecule has 0 radical (unpaired) electrons. The number of nitrogens with one attached hydrogen (secondary N) is 2. The first-order chi connectivity index (χ1) is 13.4. The van der Waals surface area contributed by atoms with Gasteiger partial charge in [-0.2, -0.15) is 13.2 Å². The van der Waals surface area contributed by atoms with Crippen LogP contribution in [0.5, 0.6) is 0 Å². The number of piperazine rings is 1. The largest absolute Gasteiger partial charge is 0.490 e. The minimum absolute atomic E-state index is 0.174. The molecular weight excluding hydrogens is 398 g/mol. The number of carbonyl (C=O) groups excluding carboxylic acids is 2. The van der Waals surface area contributed by atoms with Crippen molar-refractivity contribution in [2.24, 2.45) is 5.92 Å². The summed E-state index contributed by atoms with van der Waals surface area (Å²) in [6.45, 7) is 6.19. The fourth-order valence-corrected chi connectivity index (χ4v) is 2.44. The van der Waals surface area contributed by atoms with Gasteiger partial charge in [-0.25, -0.2) is 9.18 Å². The van der Waals surface area contributed by atoms with Crippen LogP contribution in [0.4, 0.5) is 23.2 Å². The molecule has 29 heavy (non-hydrogen) atoms. The number of anilines is 1. The third-order valence-electron chi connectivity index (χ3n) is 4.05. The summed E-state index contributed by atoms with van der Waals surface area (Å²) in [6, 6.07) is 5.73. The van der Waals surface area contributed by atoms with Crippen LogP contribution in [0.3, 0.4) is 0 Å². The van der Waals surface area contributed by atoms with Crippen molar-refractivity contribution < 1.29 is 37.1 Å². The molecule has 1 aliphatic rings. The second kappa shape index (κ2) is 10.7. The number of hydrogen-bond acceptors (Lipinski definition) is 4. The van der Waals surface area contributed by atoms with Crippen LogP contribution < -0.4 is 10.6 Å². The maximum Gasteiger partial charge on any atom is 0.490 e. The first-order valence-electron chi connectivity index (χ1n) is 8.76. The number of carboxylic acid groups (broad SMARTS) is 1. The van der Waals surface area contributed by atoms with Crippen molar-refractivity contribution in [1.82, 2.24) is 10.2 Å². The molecule has 1 fully saturated rings. The summed E-state index contributed by atoms with van der Waals surface area (Å²) < 4.78 is 44.5. The molecule has 0 unspecified atom stereocenters. The molecule has 11 heteroatoms. The Morgan fingerprint density at radius 1 is 1.24 bits per heavy atom. The average molecular weight is 421 g/mol. The smallest absolute Gasteiger partial charge is 0.475 e. The van der Waals surface area contributed by atoms with E-state index in [0.717, 1.165) is 6.54 Å². The van der Waals surface area contributed by atoms with Crippen molar-refractivity contribution >= 4 is 23.5 Å². The summed E-state index contributed by atoms with van der Waals surface area (Å²) in [7, 11) is 0. The number of carbonyl (C=O) groups is 3. The van der Waals surface area contributed by atoms with Crippen molar-refractivity contribution in [2.45, 2.75) is 32.5 Å². The lowest BCUT2D eigenvalue weighted by molar-refractivity contribution is -0.192. The van der Waals surface area contributed by atoms with Gasteiger partial charge in [0.05, 0.1) is 0 Å². The van der Waals surface area contributed by atoms with Crippen LogP contribution >= 0.6 is 0 Å². The summed E-state index contributed by atoms with van der Waals surface area (Å²) in [6.07, 6.45) is -5.28. The fraction of sp³-hybridized carbons (Fsp3) is 0.500. The molecule has 0 spiro atoms. The predicted octanol–water partition coefficient (Wildman–Crippen LogP) is 2.24. The Balaban J connectivity index is 0.000000516. The monoisotopic (exact) mass is 421 g/mol. The number of alkyl halides is 3. The Bertz CT molecular complexity index is 708. The van der Waals surface area contributed by atoms with Crippen molar-refractivity contribution in [3.63, 3.8) is 0 Å². The van der Waals surface area contributed by atoms with E-state index >= 15 is 0 Å². The van der Waals surface area contributed by atoms with E-state index in [2.05, 4.69) is 24.5 Å². The Labute approximate surface area is 165 Å². The third-order valence-corrected chi connectivity index (χ3v) is 4.05. The highest BCUT2D eigenvalue weighted by Gasteiger charge is 2.38. The average Bonchev–Trinajstić information content (AvgIpc) is 2.63. The number of aliphatic carboxylic acids is 1. The van der Waals surface area contributed by atoms with E-state index in [1.165, 1.54) is 24.3 Å². The Kier molecular flexibility index (Phi) is 9.02. The number of nitrogens with zero attached hydrogens (tertiary/aromatic N) is 1. The highest BCUT2D eigenvalue weighted by molar-refractivity contribution is 6.03. The van der Waals surface area contributed by atoms with Gasteiger partial charge in [0, 0.05) is 31.4 Å². The van der Waals surface area contributed by atoms with Crippen molar-refractivity contribution in [1.29, 1.82) is 0 Å². The summed E-state index contributed by atoms with van der Waals surface area (Å²) in [5.41, 5.74) is 0.486. The molecule has 0 bridgehead atoms. The molecule has 162 valence electrons. The van der Waals surface area contributed by atoms with Crippen LogP contribution in [0, 0.1) is 11.7 Å². The van der Waals surface area contributed by atoms with E-state index in [0.29, 0.717) is 24.7 Å². The number of halogens is 4. The highest BCUT2D eigenvalue weighted by atomic mass is 19.4. The Morgan fingerprint density at radius 3 is 2.28 bits per heavy atom. The number of rotatable bonds is 4. The van der Waals surface area contributed by atoms with Gasteiger partial charge in [0.2, 0.25) is 11.8 Å². The molecular formula is C18H23F4N3O4. The lowest BCUT2D eigenvalue weighted by atomic mass is 10.0. The second-order valence-electron chi connectivity index (χ2n) is 6.68. The molecule has 1 aliphatic heterocycles. The van der Waals surface area contributed by atoms with Gasteiger partial charge in [0.15, 0.2) is 0 Å². The van der Waals surface area contributed by atoms with Crippen LogP contribution in [0.15, 0.2) is 24.3 Å². The quantitative estimate of drug-likeness (QED) is 0.512. The fourth-order valence-electron chi connectivity index (χ4n) is 2.44. The Hall–Kier alpha value is -2.69. The number of benzene rings is 1. The van der Waals surface area contributed by atoms with E-state index < -0.39 is 12.1 Å². The maximum atomic E-state index is 12.8. The minimum atomic E-state index is -5.08. The molecule has 1 atom stereocenters. The zero-order valence-electron chi connectivity index (χ0n) is 15.9. The van der Waals surface area contributed by atoms with Crippen LogP contribution in [0.2, 0.25) is 0 Å². The lowest BCUT2D eigenvalue weighted by Crippen LogP contribution is -2.54.